The molecule has 0 bridgehead atoms. The predicted molar refractivity (Wildman–Crippen MR) is 58.7 cm³/mol. The second-order valence-corrected chi connectivity index (χ2v) is 4.75. The zero-order valence-corrected chi connectivity index (χ0v) is 12.1. The third-order valence-corrected chi connectivity index (χ3v) is 3.34. The molecule has 3 nitrogen and oxygen atoms in total. The van der Waals surface area contributed by atoms with Gasteiger partial charge in [0.05, 0.1) is 0 Å². The van der Waals surface area contributed by atoms with Gasteiger partial charge in [0.15, 0.2) is 0 Å². The van der Waals surface area contributed by atoms with Crippen LogP contribution in [0.4, 0.5) is 4.79 Å². The number of nitrogens with one attached hydrogen (secondary N) is 1. The maximum Gasteiger partial charge on any atom is 1.00 e. The van der Waals surface area contributed by atoms with Gasteiger partial charge in [-0.2, -0.15) is 0 Å². The molecule has 1 amide bonds. The Morgan fingerprint density at radius 1 is 1.33 bits per heavy atom. The van der Waals surface area contributed by atoms with Gasteiger partial charge in [-0.25, -0.2) is 0 Å². The quantitative estimate of drug-likeness (QED) is 0.298. The van der Waals surface area contributed by atoms with Gasteiger partial charge in [-0.05, 0) is 12.0 Å². The SMILES string of the molecule is O=C([O-])NSSCCc1ccccc1.[Na+]. The summed E-state index contributed by atoms with van der Waals surface area (Å²) in [7, 11) is 2.55. The van der Waals surface area contributed by atoms with Crippen LogP contribution >= 0.6 is 21.8 Å². The molecule has 15 heavy (non-hydrogen) atoms. The Labute approximate surface area is 119 Å². The summed E-state index contributed by atoms with van der Waals surface area (Å²) in [6, 6.07) is 10.1. The topological polar surface area (TPSA) is 52.2 Å². The standard InChI is InChI=1S/C9H11NO2S2.Na/c11-9(12)10-14-13-7-6-8-4-2-1-3-5-8;/h1-5,10H,6-7H2,(H,11,12);/q;+1/p-1. The summed E-state index contributed by atoms with van der Waals surface area (Å²) in [6.45, 7) is 0. The Morgan fingerprint density at radius 2 is 2.00 bits per heavy atom. The van der Waals surface area contributed by atoms with Crippen LogP contribution in [0.25, 0.3) is 0 Å². The number of carbonyl (C=O) groups is 1. The van der Waals surface area contributed by atoms with Crippen molar-refractivity contribution in [3.8, 4) is 0 Å². The fourth-order valence-corrected chi connectivity index (χ4v) is 2.32. The summed E-state index contributed by atoms with van der Waals surface area (Å²) < 4.78 is 2.12. The maximum atomic E-state index is 9.98. The molecule has 0 aliphatic carbocycles. The first-order chi connectivity index (χ1) is 6.79. The number of rotatable bonds is 5. The Balaban J connectivity index is 0.00000196. The molecule has 0 unspecified atom stereocenters. The molecule has 0 fully saturated rings. The zero-order chi connectivity index (χ0) is 10.2. The molecule has 0 radical (unpaired) electrons. The second kappa shape index (κ2) is 9.42. The van der Waals surface area contributed by atoms with Crippen LogP contribution in [0.2, 0.25) is 0 Å². The minimum absolute atomic E-state index is 0. The van der Waals surface area contributed by atoms with Crippen molar-refractivity contribution in [2.24, 2.45) is 0 Å². The first-order valence-electron chi connectivity index (χ1n) is 4.08. The molecule has 0 saturated carbocycles. The van der Waals surface area contributed by atoms with Crippen LogP contribution in [-0.2, 0) is 6.42 Å². The molecule has 0 aromatic heterocycles. The van der Waals surface area contributed by atoms with Crippen LogP contribution in [0.3, 0.4) is 0 Å². The monoisotopic (exact) mass is 251 g/mol. The normalized spacial score (nSPS) is 9.07. The van der Waals surface area contributed by atoms with Crippen LogP contribution in [0.1, 0.15) is 5.56 Å². The van der Waals surface area contributed by atoms with E-state index < -0.39 is 6.09 Å². The average molecular weight is 251 g/mol. The molecule has 0 aliphatic rings. The molecule has 1 N–H and O–H groups in total. The Bertz CT molecular complexity index is 285. The summed E-state index contributed by atoms with van der Waals surface area (Å²) in [4.78, 5) is 9.98. The van der Waals surface area contributed by atoms with Crippen molar-refractivity contribution < 1.29 is 39.5 Å². The minimum Gasteiger partial charge on any atom is -0.529 e. The number of benzene rings is 1. The molecule has 1 rings (SSSR count). The fourth-order valence-electron chi connectivity index (χ4n) is 0.909. The van der Waals surface area contributed by atoms with Gasteiger partial charge in [-0.3, -0.25) is 0 Å². The van der Waals surface area contributed by atoms with Gasteiger partial charge >= 0.3 is 29.6 Å². The van der Waals surface area contributed by atoms with Crippen LogP contribution in [0.5, 0.6) is 0 Å². The zero-order valence-electron chi connectivity index (χ0n) is 8.43. The van der Waals surface area contributed by atoms with E-state index in [0.29, 0.717) is 0 Å². The molecular formula is C9H10NNaO2S2. The van der Waals surface area contributed by atoms with Gasteiger partial charge in [-0.15, -0.1) is 0 Å². The smallest absolute Gasteiger partial charge is 0.529 e. The summed E-state index contributed by atoms with van der Waals surface area (Å²) >= 11 is 0. The molecular weight excluding hydrogens is 241 g/mol. The van der Waals surface area contributed by atoms with Crippen molar-refractivity contribution >= 4 is 27.9 Å². The number of carbonyl (C=O) groups excluding carboxylic acids is 1. The van der Waals surface area contributed by atoms with E-state index in [2.05, 4.69) is 16.9 Å². The van der Waals surface area contributed by atoms with Crippen LogP contribution in [0, 0.1) is 0 Å². The van der Waals surface area contributed by atoms with E-state index in [1.807, 2.05) is 18.2 Å². The van der Waals surface area contributed by atoms with Gasteiger partial charge in [0.1, 0.15) is 6.09 Å². The molecule has 6 heteroatoms. The van der Waals surface area contributed by atoms with Gasteiger partial charge in [0.2, 0.25) is 0 Å². The first-order valence-corrected chi connectivity index (χ1v) is 6.40. The van der Waals surface area contributed by atoms with E-state index in [-0.39, 0.29) is 29.6 Å². The summed E-state index contributed by atoms with van der Waals surface area (Å²) in [5.41, 5.74) is 1.26. The van der Waals surface area contributed by atoms with E-state index in [9.17, 15) is 9.90 Å². The van der Waals surface area contributed by atoms with E-state index in [1.165, 1.54) is 16.4 Å². The van der Waals surface area contributed by atoms with Crippen molar-refractivity contribution in [1.82, 2.24) is 4.72 Å². The summed E-state index contributed by atoms with van der Waals surface area (Å²) in [5.74, 6) is 0.870. The maximum absolute atomic E-state index is 9.98. The number of hydrogen-bond donors (Lipinski definition) is 1. The van der Waals surface area contributed by atoms with E-state index >= 15 is 0 Å². The fraction of sp³-hybridized carbons (Fsp3) is 0.222. The van der Waals surface area contributed by atoms with Gasteiger partial charge in [-0.1, -0.05) is 41.1 Å². The van der Waals surface area contributed by atoms with Gasteiger partial charge in [0, 0.05) is 16.7 Å². The Hall–Kier alpha value is 0.190. The van der Waals surface area contributed by atoms with Gasteiger partial charge < -0.3 is 14.6 Å². The molecule has 0 aliphatic heterocycles. The number of hydrogen-bond acceptors (Lipinski definition) is 4. The van der Waals surface area contributed by atoms with Crippen LogP contribution < -0.4 is 39.4 Å². The van der Waals surface area contributed by atoms with Crippen LogP contribution in [0.15, 0.2) is 30.3 Å². The van der Waals surface area contributed by atoms with E-state index in [1.54, 1.807) is 0 Å². The average Bonchev–Trinajstić information content (AvgIpc) is 2.18. The predicted octanol–water partition coefficient (Wildman–Crippen LogP) is -1.54. The molecule has 76 valence electrons. The molecule has 0 spiro atoms. The molecule has 1 aromatic carbocycles. The van der Waals surface area contributed by atoms with Gasteiger partial charge in [0.25, 0.3) is 0 Å². The Kier molecular flexibility index (Phi) is 9.54. The number of aryl methyl sites for hydroxylation is 1. The van der Waals surface area contributed by atoms with Crippen molar-refractivity contribution in [1.29, 1.82) is 0 Å². The second-order valence-electron chi connectivity index (χ2n) is 2.53. The largest absolute Gasteiger partial charge is 1.00 e. The van der Waals surface area contributed by atoms with Crippen molar-refractivity contribution in [2.75, 3.05) is 5.75 Å². The van der Waals surface area contributed by atoms with E-state index in [4.69, 9.17) is 0 Å². The molecule has 0 saturated heterocycles. The summed E-state index contributed by atoms with van der Waals surface area (Å²) in [5, 5.41) is 9.98. The number of amides is 1. The number of carboxylic acid groups (broad SMARTS) is 1. The summed E-state index contributed by atoms with van der Waals surface area (Å²) in [6.07, 6.45) is -0.310. The third-order valence-electron chi connectivity index (χ3n) is 1.50. The van der Waals surface area contributed by atoms with Crippen LogP contribution in [-0.4, -0.2) is 11.8 Å². The molecule has 0 atom stereocenters. The first kappa shape index (κ1) is 15.2. The minimum atomic E-state index is -1.25. The molecule has 0 heterocycles. The Morgan fingerprint density at radius 3 is 2.60 bits per heavy atom. The van der Waals surface area contributed by atoms with Crippen molar-refractivity contribution in [2.45, 2.75) is 6.42 Å². The van der Waals surface area contributed by atoms with Crippen molar-refractivity contribution in [3.63, 3.8) is 0 Å². The van der Waals surface area contributed by atoms with Crippen molar-refractivity contribution in [3.05, 3.63) is 35.9 Å². The van der Waals surface area contributed by atoms with E-state index in [0.717, 1.165) is 23.2 Å². The third kappa shape index (κ3) is 8.04. The molecule has 1 aromatic rings.